The van der Waals surface area contributed by atoms with Crippen LogP contribution in [0, 0.1) is 4.77 Å². The second-order valence-corrected chi connectivity index (χ2v) is 7.19. The molecule has 1 N–H and O–H groups in total. The van der Waals surface area contributed by atoms with E-state index in [4.69, 9.17) is 12.2 Å². The van der Waals surface area contributed by atoms with Gasteiger partial charge in [-0.15, -0.1) is 11.3 Å². The lowest BCUT2D eigenvalue weighted by Crippen LogP contribution is -2.35. The predicted octanol–water partition coefficient (Wildman–Crippen LogP) is 4.25. The standard InChI is InChI=1S/C17H18N4S2/c1-12-14-8-10-23-15(14)7-9-20(12)11-21-17(22)18-16(19-21)13-5-3-2-4-6-13/h2-6,8,10,12H,7,9,11H2,1H3,(H,18,19,22)/t12-/m1/s1. The summed E-state index contributed by atoms with van der Waals surface area (Å²) in [5, 5.41) is 5.54. The Morgan fingerprint density at radius 3 is 2.96 bits per heavy atom. The molecule has 4 nitrogen and oxygen atoms in total. The van der Waals surface area contributed by atoms with Crippen LogP contribution in [0.4, 0.5) is 0 Å². The van der Waals surface area contributed by atoms with Gasteiger partial charge in [0.2, 0.25) is 4.77 Å². The summed E-state index contributed by atoms with van der Waals surface area (Å²) in [6, 6.07) is 12.8. The van der Waals surface area contributed by atoms with Crippen molar-refractivity contribution in [2.45, 2.75) is 26.1 Å². The number of hydrogen-bond acceptors (Lipinski definition) is 4. The Labute approximate surface area is 144 Å². The number of nitrogens with one attached hydrogen (secondary N) is 1. The number of benzene rings is 1. The van der Waals surface area contributed by atoms with Crippen LogP contribution >= 0.6 is 23.6 Å². The third-order valence-electron chi connectivity index (χ3n) is 4.45. The third-order valence-corrected chi connectivity index (χ3v) is 5.76. The number of H-pyrrole nitrogens is 1. The fourth-order valence-electron chi connectivity index (χ4n) is 3.11. The molecule has 1 aromatic carbocycles. The average Bonchev–Trinajstić information content (AvgIpc) is 3.19. The number of aromatic nitrogens is 3. The molecule has 0 aliphatic carbocycles. The highest BCUT2D eigenvalue weighted by atomic mass is 32.1. The summed E-state index contributed by atoms with van der Waals surface area (Å²) in [5.74, 6) is 0.830. The van der Waals surface area contributed by atoms with Gasteiger partial charge in [-0.2, -0.15) is 4.98 Å². The van der Waals surface area contributed by atoms with Gasteiger partial charge in [0.1, 0.15) is 0 Å². The van der Waals surface area contributed by atoms with Crippen LogP contribution in [0.2, 0.25) is 0 Å². The number of fused-ring (bicyclic) bond motifs is 1. The number of hydrogen-bond donors (Lipinski definition) is 1. The largest absolute Gasteiger partial charge is 0.278 e. The molecule has 1 aliphatic heterocycles. The summed E-state index contributed by atoms with van der Waals surface area (Å²) in [5.41, 5.74) is 2.51. The van der Waals surface area contributed by atoms with Gasteiger partial charge < -0.3 is 0 Å². The SMILES string of the molecule is C[C@@H]1c2ccsc2CCN1Cn1[nH]c(-c2ccccc2)nc1=S. The molecule has 3 heterocycles. The molecular formula is C17H18N4S2. The maximum atomic E-state index is 5.44. The zero-order chi connectivity index (χ0) is 15.8. The van der Waals surface area contributed by atoms with Crippen molar-refractivity contribution >= 4 is 23.6 Å². The van der Waals surface area contributed by atoms with Crippen molar-refractivity contribution < 1.29 is 0 Å². The van der Waals surface area contributed by atoms with Crippen molar-refractivity contribution in [3.63, 3.8) is 0 Å². The highest BCUT2D eigenvalue weighted by Gasteiger charge is 2.25. The molecular weight excluding hydrogens is 324 g/mol. The normalized spacial score (nSPS) is 18.0. The molecule has 2 aromatic heterocycles. The molecule has 0 bridgehead atoms. The molecule has 0 unspecified atom stereocenters. The van der Waals surface area contributed by atoms with Crippen molar-refractivity contribution in [2.75, 3.05) is 6.54 Å². The highest BCUT2D eigenvalue weighted by molar-refractivity contribution is 7.71. The van der Waals surface area contributed by atoms with Gasteiger partial charge in [-0.1, -0.05) is 30.3 Å². The fourth-order valence-corrected chi connectivity index (χ4v) is 4.27. The minimum absolute atomic E-state index is 0.412. The molecule has 1 aliphatic rings. The molecule has 4 rings (SSSR count). The Balaban J connectivity index is 1.58. The topological polar surface area (TPSA) is 36.9 Å². The highest BCUT2D eigenvalue weighted by Crippen LogP contribution is 2.33. The van der Waals surface area contributed by atoms with Gasteiger partial charge in [0.15, 0.2) is 5.82 Å². The summed E-state index contributed by atoms with van der Waals surface area (Å²) in [6.45, 7) is 4.06. The van der Waals surface area contributed by atoms with Gasteiger partial charge in [-0.05, 0) is 42.6 Å². The van der Waals surface area contributed by atoms with Crippen LogP contribution in [0.25, 0.3) is 11.4 Å². The van der Waals surface area contributed by atoms with E-state index in [-0.39, 0.29) is 0 Å². The van der Waals surface area contributed by atoms with E-state index in [9.17, 15) is 0 Å². The quantitative estimate of drug-likeness (QED) is 0.723. The van der Waals surface area contributed by atoms with E-state index in [1.165, 1.54) is 10.4 Å². The van der Waals surface area contributed by atoms with Crippen molar-refractivity contribution in [1.29, 1.82) is 0 Å². The predicted molar refractivity (Wildman–Crippen MR) is 96.0 cm³/mol. The summed E-state index contributed by atoms with van der Waals surface area (Å²) < 4.78 is 2.57. The molecule has 6 heteroatoms. The van der Waals surface area contributed by atoms with Gasteiger partial charge in [0.25, 0.3) is 0 Å². The molecule has 118 valence electrons. The first-order valence-electron chi connectivity index (χ1n) is 7.75. The summed E-state index contributed by atoms with van der Waals surface area (Å²) in [6.07, 6.45) is 1.12. The molecule has 23 heavy (non-hydrogen) atoms. The Hall–Kier alpha value is -1.76. The van der Waals surface area contributed by atoms with Crippen molar-refractivity contribution in [2.24, 2.45) is 0 Å². The van der Waals surface area contributed by atoms with Crippen LogP contribution in [0.1, 0.15) is 23.4 Å². The fraction of sp³-hybridized carbons (Fsp3) is 0.294. The maximum absolute atomic E-state index is 5.44. The summed E-state index contributed by atoms with van der Waals surface area (Å²) in [7, 11) is 0. The van der Waals surface area contributed by atoms with Gasteiger partial charge in [0, 0.05) is 23.0 Å². The molecule has 1 atom stereocenters. The van der Waals surface area contributed by atoms with E-state index in [2.05, 4.69) is 33.4 Å². The lowest BCUT2D eigenvalue weighted by Gasteiger charge is -2.33. The molecule has 0 fully saturated rings. The van der Waals surface area contributed by atoms with E-state index in [1.54, 1.807) is 0 Å². The van der Waals surface area contributed by atoms with Crippen molar-refractivity contribution in [1.82, 2.24) is 19.7 Å². The maximum Gasteiger partial charge on any atom is 0.217 e. The zero-order valence-electron chi connectivity index (χ0n) is 12.9. The van der Waals surface area contributed by atoms with Crippen molar-refractivity contribution in [3.05, 3.63) is 57.0 Å². The van der Waals surface area contributed by atoms with Gasteiger partial charge in [-0.3, -0.25) is 10.00 Å². The first-order chi connectivity index (χ1) is 11.2. The van der Waals surface area contributed by atoms with Crippen LogP contribution in [-0.2, 0) is 13.1 Å². The number of nitrogens with zero attached hydrogens (tertiary/aromatic N) is 3. The lowest BCUT2D eigenvalue weighted by molar-refractivity contribution is 0.144. The molecule has 0 saturated heterocycles. The smallest absolute Gasteiger partial charge is 0.217 e. The van der Waals surface area contributed by atoms with Gasteiger partial charge in [0.05, 0.1) is 6.67 Å². The number of rotatable bonds is 3. The first kappa shape index (κ1) is 14.8. The minimum Gasteiger partial charge on any atom is -0.278 e. The van der Waals surface area contributed by atoms with Crippen LogP contribution < -0.4 is 0 Å². The molecule has 3 aromatic rings. The first-order valence-corrected chi connectivity index (χ1v) is 9.04. The summed E-state index contributed by atoms with van der Waals surface area (Å²) >= 11 is 7.30. The number of aromatic amines is 1. The van der Waals surface area contributed by atoms with E-state index in [0.29, 0.717) is 10.8 Å². The molecule has 0 radical (unpaired) electrons. The van der Waals surface area contributed by atoms with Crippen LogP contribution in [0.5, 0.6) is 0 Å². The molecule has 0 saturated carbocycles. The van der Waals surface area contributed by atoms with E-state index in [1.807, 2.05) is 46.4 Å². The Morgan fingerprint density at radius 2 is 2.13 bits per heavy atom. The number of thiophene rings is 1. The average molecular weight is 342 g/mol. The van der Waals surface area contributed by atoms with Crippen LogP contribution in [0.15, 0.2) is 41.8 Å². The molecule has 0 spiro atoms. The van der Waals surface area contributed by atoms with E-state index in [0.717, 1.165) is 31.0 Å². The molecule has 0 amide bonds. The Morgan fingerprint density at radius 1 is 1.30 bits per heavy atom. The second-order valence-electron chi connectivity index (χ2n) is 5.83. The van der Waals surface area contributed by atoms with Crippen molar-refractivity contribution in [3.8, 4) is 11.4 Å². The van der Waals surface area contributed by atoms with Crippen LogP contribution in [0.3, 0.4) is 0 Å². The second kappa shape index (κ2) is 6.03. The Bertz CT molecular complexity index is 862. The van der Waals surface area contributed by atoms with Crippen LogP contribution in [-0.4, -0.2) is 26.2 Å². The van der Waals surface area contributed by atoms with E-state index >= 15 is 0 Å². The summed E-state index contributed by atoms with van der Waals surface area (Å²) in [4.78, 5) is 8.47. The monoisotopic (exact) mass is 342 g/mol. The van der Waals surface area contributed by atoms with Gasteiger partial charge >= 0.3 is 0 Å². The minimum atomic E-state index is 0.412. The van der Waals surface area contributed by atoms with E-state index < -0.39 is 0 Å². The third kappa shape index (κ3) is 2.78. The Kier molecular flexibility index (Phi) is 3.88. The lowest BCUT2D eigenvalue weighted by atomic mass is 10.0. The van der Waals surface area contributed by atoms with Gasteiger partial charge in [-0.25, -0.2) is 4.68 Å². The zero-order valence-corrected chi connectivity index (χ0v) is 14.5.